The minimum Gasteiger partial charge on any atom is -0.481 e. The van der Waals surface area contributed by atoms with Crippen LogP contribution in [0.25, 0.3) is 0 Å². The van der Waals surface area contributed by atoms with Crippen LogP contribution >= 0.6 is 0 Å². The van der Waals surface area contributed by atoms with Gasteiger partial charge in [-0.15, -0.1) is 0 Å². The van der Waals surface area contributed by atoms with Crippen LogP contribution in [0, 0.1) is 23.5 Å². The lowest BCUT2D eigenvalue weighted by Gasteiger charge is -2.27. The van der Waals surface area contributed by atoms with E-state index in [2.05, 4.69) is 0 Å². The van der Waals surface area contributed by atoms with E-state index in [-0.39, 0.29) is 5.56 Å². The van der Waals surface area contributed by atoms with Crippen molar-refractivity contribution in [2.75, 3.05) is 0 Å². The van der Waals surface area contributed by atoms with Crippen LogP contribution < -0.4 is 0 Å². The van der Waals surface area contributed by atoms with Gasteiger partial charge < -0.3 is 5.11 Å². The lowest BCUT2D eigenvalue weighted by atomic mass is 9.75. The molecule has 2 unspecified atom stereocenters. The summed E-state index contributed by atoms with van der Waals surface area (Å²) in [6.45, 7) is 0. The van der Waals surface area contributed by atoms with Crippen molar-refractivity contribution < 1.29 is 23.5 Å². The molecular formula is C14H14F2O3. The number of carbonyl (C=O) groups is 2. The van der Waals surface area contributed by atoms with Crippen LogP contribution in [0.5, 0.6) is 0 Å². The van der Waals surface area contributed by atoms with Crippen molar-refractivity contribution in [1.82, 2.24) is 0 Å². The van der Waals surface area contributed by atoms with Crippen LogP contribution in [0.15, 0.2) is 18.2 Å². The maximum absolute atomic E-state index is 13.1. The van der Waals surface area contributed by atoms with Gasteiger partial charge in [0.05, 0.1) is 5.92 Å². The number of carboxylic acid groups (broad SMARTS) is 1. The van der Waals surface area contributed by atoms with E-state index in [9.17, 15) is 18.4 Å². The Kier molecular flexibility index (Phi) is 3.93. The monoisotopic (exact) mass is 268 g/mol. The lowest BCUT2D eigenvalue weighted by molar-refractivity contribution is -0.144. The molecule has 1 saturated carbocycles. The highest BCUT2D eigenvalue weighted by Crippen LogP contribution is 2.33. The number of Topliss-reactive ketones (excluding diaryl/α,β-unsaturated/α-hetero) is 1. The van der Waals surface area contributed by atoms with Crippen molar-refractivity contribution in [3.8, 4) is 0 Å². The smallest absolute Gasteiger partial charge is 0.307 e. The van der Waals surface area contributed by atoms with E-state index in [1.54, 1.807) is 0 Å². The Labute approximate surface area is 109 Å². The first-order valence-electron chi connectivity index (χ1n) is 6.23. The third kappa shape index (κ3) is 2.80. The SMILES string of the molecule is O=C(O)C1CCCCC1C(=O)c1ccc(F)c(F)c1. The molecule has 0 bridgehead atoms. The number of ketones is 1. The van der Waals surface area contributed by atoms with Gasteiger partial charge in [0.1, 0.15) is 0 Å². The van der Waals surface area contributed by atoms with Gasteiger partial charge in [-0.1, -0.05) is 12.8 Å². The Hall–Kier alpha value is -1.78. The summed E-state index contributed by atoms with van der Waals surface area (Å²) in [4.78, 5) is 23.4. The van der Waals surface area contributed by atoms with Crippen LogP contribution in [-0.4, -0.2) is 16.9 Å². The molecular weight excluding hydrogens is 254 g/mol. The van der Waals surface area contributed by atoms with Crippen LogP contribution in [0.3, 0.4) is 0 Å². The molecule has 2 rings (SSSR count). The van der Waals surface area contributed by atoms with Crippen LogP contribution in [0.4, 0.5) is 8.78 Å². The van der Waals surface area contributed by atoms with E-state index in [1.165, 1.54) is 6.07 Å². The number of hydrogen-bond acceptors (Lipinski definition) is 2. The van der Waals surface area contributed by atoms with Crippen molar-refractivity contribution >= 4 is 11.8 Å². The van der Waals surface area contributed by atoms with Gasteiger partial charge in [-0.3, -0.25) is 9.59 Å². The zero-order valence-electron chi connectivity index (χ0n) is 10.2. The normalized spacial score (nSPS) is 23.1. The molecule has 0 spiro atoms. The number of carbonyl (C=O) groups excluding carboxylic acids is 1. The highest BCUT2D eigenvalue weighted by Gasteiger charge is 2.36. The zero-order valence-corrected chi connectivity index (χ0v) is 10.2. The van der Waals surface area contributed by atoms with Crippen molar-refractivity contribution in [1.29, 1.82) is 0 Å². The van der Waals surface area contributed by atoms with Crippen LogP contribution in [-0.2, 0) is 4.79 Å². The van der Waals surface area contributed by atoms with E-state index in [4.69, 9.17) is 5.11 Å². The molecule has 1 fully saturated rings. The first-order valence-corrected chi connectivity index (χ1v) is 6.23. The van der Waals surface area contributed by atoms with Gasteiger partial charge in [0, 0.05) is 11.5 Å². The highest BCUT2D eigenvalue weighted by molar-refractivity contribution is 6.00. The number of hydrogen-bond donors (Lipinski definition) is 1. The van der Waals surface area contributed by atoms with Crippen molar-refractivity contribution in [3.05, 3.63) is 35.4 Å². The average molecular weight is 268 g/mol. The topological polar surface area (TPSA) is 54.4 Å². The summed E-state index contributed by atoms with van der Waals surface area (Å²) < 4.78 is 25.9. The van der Waals surface area contributed by atoms with Gasteiger partial charge in [0.25, 0.3) is 0 Å². The Morgan fingerprint density at radius 3 is 2.26 bits per heavy atom. The molecule has 5 heteroatoms. The fourth-order valence-corrected chi connectivity index (χ4v) is 2.60. The zero-order chi connectivity index (χ0) is 14.0. The highest BCUT2D eigenvalue weighted by atomic mass is 19.2. The third-order valence-corrected chi connectivity index (χ3v) is 3.62. The molecule has 1 aromatic rings. The number of halogens is 2. The van der Waals surface area contributed by atoms with Gasteiger partial charge in [-0.05, 0) is 31.0 Å². The molecule has 0 saturated heterocycles. The number of rotatable bonds is 3. The summed E-state index contributed by atoms with van der Waals surface area (Å²) in [6.07, 6.45) is 2.49. The van der Waals surface area contributed by atoms with E-state index < -0.39 is 35.2 Å². The molecule has 0 radical (unpaired) electrons. The molecule has 102 valence electrons. The molecule has 1 aliphatic carbocycles. The quantitative estimate of drug-likeness (QED) is 0.857. The second-order valence-electron chi connectivity index (χ2n) is 4.83. The van der Waals surface area contributed by atoms with Crippen molar-refractivity contribution in [2.24, 2.45) is 11.8 Å². The second kappa shape index (κ2) is 5.47. The summed E-state index contributed by atoms with van der Waals surface area (Å²) in [5.41, 5.74) is 0.0389. The standard InChI is InChI=1S/C14H14F2O3/c15-11-6-5-8(7-12(11)16)13(17)9-3-1-2-4-10(9)14(18)19/h5-7,9-10H,1-4H2,(H,18,19). The van der Waals surface area contributed by atoms with Gasteiger partial charge in [-0.2, -0.15) is 0 Å². The van der Waals surface area contributed by atoms with Gasteiger partial charge in [0.2, 0.25) is 0 Å². The van der Waals surface area contributed by atoms with Crippen molar-refractivity contribution in [3.63, 3.8) is 0 Å². The molecule has 2 atom stereocenters. The van der Waals surface area contributed by atoms with E-state index in [1.807, 2.05) is 0 Å². The summed E-state index contributed by atoms with van der Waals surface area (Å²) in [5, 5.41) is 9.12. The van der Waals surface area contributed by atoms with E-state index >= 15 is 0 Å². The molecule has 0 aromatic heterocycles. The number of carboxylic acids is 1. The summed E-state index contributed by atoms with van der Waals surface area (Å²) in [5.74, 6) is -4.89. The first-order chi connectivity index (χ1) is 9.00. The molecule has 0 heterocycles. The van der Waals surface area contributed by atoms with Gasteiger partial charge in [-0.25, -0.2) is 8.78 Å². The molecule has 1 aliphatic rings. The minimum absolute atomic E-state index is 0.0389. The first kappa shape index (κ1) is 13.6. The Morgan fingerprint density at radius 1 is 1.05 bits per heavy atom. The second-order valence-corrected chi connectivity index (χ2v) is 4.83. The Bertz CT molecular complexity index is 513. The fraction of sp³-hybridized carbons (Fsp3) is 0.429. The largest absolute Gasteiger partial charge is 0.481 e. The maximum atomic E-state index is 13.1. The molecule has 3 nitrogen and oxygen atoms in total. The molecule has 19 heavy (non-hydrogen) atoms. The maximum Gasteiger partial charge on any atom is 0.307 e. The molecule has 0 amide bonds. The Morgan fingerprint density at radius 2 is 1.68 bits per heavy atom. The lowest BCUT2D eigenvalue weighted by Crippen LogP contribution is -2.32. The summed E-state index contributed by atoms with van der Waals surface area (Å²) >= 11 is 0. The summed E-state index contributed by atoms with van der Waals surface area (Å²) in [7, 11) is 0. The predicted octanol–water partition coefficient (Wildman–Crippen LogP) is 3.04. The number of aliphatic carboxylic acids is 1. The van der Waals surface area contributed by atoms with Crippen LogP contribution in [0.1, 0.15) is 36.0 Å². The average Bonchev–Trinajstić information content (AvgIpc) is 2.41. The molecule has 0 aliphatic heterocycles. The third-order valence-electron chi connectivity index (χ3n) is 3.62. The Balaban J connectivity index is 2.26. The summed E-state index contributed by atoms with van der Waals surface area (Å²) in [6, 6.07) is 2.93. The minimum atomic E-state index is -1.09. The van der Waals surface area contributed by atoms with Crippen molar-refractivity contribution in [2.45, 2.75) is 25.7 Å². The molecule has 1 aromatic carbocycles. The van der Waals surface area contributed by atoms with E-state index in [0.717, 1.165) is 25.0 Å². The van der Waals surface area contributed by atoms with Crippen LogP contribution in [0.2, 0.25) is 0 Å². The van der Waals surface area contributed by atoms with E-state index in [0.29, 0.717) is 12.8 Å². The molecule has 1 N–H and O–H groups in total. The number of benzene rings is 1. The van der Waals surface area contributed by atoms with Gasteiger partial charge in [0.15, 0.2) is 17.4 Å². The fourth-order valence-electron chi connectivity index (χ4n) is 2.60. The van der Waals surface area contributed by atoms with Gasteiger partial charge >= 0.3 is 5.97 Å². The predicted molar refractivity (Wildman–Crippen MR) is 63.8 cm³/mol.